The standard InChI is InChI=1S/C17H21FO3/c1-16(2)10-6-7-17(16,3)14(8-10)21-13-5-4-11(18)9-12(13)15(19)20/h4-5,9-10,14H,6-8H2,1-3H3,(H,19,20). The van der Waals surface area contributed by atoms with Crippen molar-refractivity contribution in [2.45, 2.75) is 46.1 Å². The van der Waals surface area contributed by atoms with Gasteiger partial charge in [0, 0.05) is 5.41 Å². The third-order valence-corrected chi connectivity index (χ3v) is 6.16. The summed E-state index contributed by atoms with van der Waals surface area (Å²) in [7, 11) is 0. The first-order chi connectivity index (χ1) is 9.75. The van der Waals surface area contributed by atoms with Crippen LogP contribution < -0.4 is 4.74 Å². The minimum Gasteiger partial charge on any atom is -0.489 e. The second-order valence-electron chi connectivity index (χ2n) is 7.16. The average Bonchev–Trinajstić information content (AvgIpc) is 2.73. The molecular formula is C17H21FO3. The van der Waals surface area contributed by atoms with Crippen molar-refractivity contribution < 1.29 is 19.0 Å². The van der Waals surface area contributed by atoms with Gasteiger partial charge in [-0.2, -0.15) is 0 Å². The molecule has 0 heterocycles. The topological polar surface area (TPSA) is 46.5 Å². The maximum Gasteiger partial charge on any atom is 0.339 e. The van der Waals surface area contributed by atoms with Crippen molar-refractivity contribution in [1.29, 1.82) is 0 Å². The Hall–Kier alpha value is -1.58. The zero-order valence-electron chi connectivity index (χ0n) is 12.6. The molecule has 0 aromatic heterocycles. The molecule has 1 aromatic rings. The Morgan fingerprint density at radius 3 is 2.62 bits per heavy atom. The molecule has 2 aliphatic carbocycles. The van der Waals surface area contributed by atoms with Crippen LogP contribution in [0.4, 0.5) is 4.39 Å². The third kappa shape index (κ3) is 1.95. The van der Waals surface area contributed by atoms with Crippen LogP contribution in [0.1, 0.15) is 50.4 Å². The lowest BCUT2D eigenvalue weighted by atomic mass is 9.70. The van der Waals surface area contributed by atoms with Gasteiger partial charge in [0.15, 0.2) is 0 Å². The molecule has 3 atom stereocenters. The van der Waals surface area contributed by atoms with E-state index in [2.05, 4.69) is 20.8 Å². The molecule has 0 aliphatic heterocycles. The Bertz CT molecular complexity index is 596. The predicted octanol–water partition coefficient (Wildman–Crippen LogP) is 4.12. The summed E-state index contributed by atoms with van der Waals surface area (Å²) in [6.45, 7) is 6.78. The number of halogens is 1. The largest absolute Gasteiger partial charge is 0.489 e. The van der Waals surface area contributed by atoms with E-state index in [1.54, 1.807) is 0 Å². The first-order valence-electron chi connectivity index (χ1n) is 7.45. The van der Waals surface area contributed by atoms with Crippen LogP contribution in [-0.2, 0) is 0 Å². The van der Waals surface area contributed by atoms with Crippen molar-refractivity contribution in [1.82, 2.24) is 0 Å². The van der Waals surface area contributed by atoms with Gasteiger partial charge in [0.05, 0.1) is 0 Å². The van der Waals surface area contributed by atoms with Crippen molar-refractivity contribution in [3.63, 3.8) is 0 Å². The van der Waals surface area contributed by atoms with Crippen molar-refractivity contribution in [2.24, 2.45) is 16.7 Å². The highest BCUT2D eigenvalue weighted by atomic mass is 19.1. The van der Waals surface area contributed by atoms with E-state index >= 15 is 0 Å². The van der Waals surface area contributed by atoms with Gasteiger partial charge in [0.25, 0.3) is 0 Å². The fourth-order valence-electron chi connectivity index (χ4n) is 4.23. The van der Waals surface area contributed by atoms with Gasteiger partial charge < -0.3 is 9.84 Å². The van der Waals surface area contributed by atoms with Crippen LogP contribution in [0.5, 0.6) is 5.75 Å². The molecule has 0 radical (unpaired) electrons. The Balaban J connectivity index is 1.91. The number of benzene rings is 1. The minimum absolute atomic E-state index is 0.00480. The predicted molar refractivity (Wildman–Crippen MR) is 77.0 cm³/mol. The van der Waals surface area contributed by atoms with Crippen LogP contribution in [0.15, 0.2) is 18.2 Å². The number of aromatic carboxylic acids is 1. The molecule has 0 saturated heterocycles. The molecule has 114 valence electrons. The molecule has 1 aromatic carbocycles. The van der Waals surface area contributed by atoms with E-state index in [9.17, 15) is 14.3 Å². The van der Waals surface area contributed by atoms with Gasteiger partial charge in [0.2, 0.25) is 0 Å². The van der Waals surface area contributed by atoms with Crippen molar-refractivity contribution >= 4 is 5.97 Å². The summed E-state index contributed by atoms with van der Waals surface area (Å²) < 4.78 is 19.3. The van der Waals surface area contributed by atoms with E-state index in [1.807, 2.05) is 0 Å². The normalized spacial score (nSPS) is 33.1. The van der Waals surface area contributed by atoms with E-state index < -0.39 is 11.8 Å². The van der Waals surface area contributed by atoms with E-state index in [4.69, 9.17) is 4.74 Å². The highest BCUT2D eigenvalue weighted by Gasteiger charge is 2.62. The number of hydrogen-bond acceptors (Lipinski definition) is 2. The Labute approximate surface area is 124 Å². The van der Waals surface area contributed by atoms with Crippen molar-refractivity contribution in [3.05, 3.63) is 29.6 Å². The molecular weight excluding hydrogens is 271 g/mol. The fourth-order valence-corrected chi connectivity index (χ4v) is 4.23. The lowest BCUT2D eigenvalue weighted by Gasteiger charge is -2.39. The van der Waals surface area contributed by atoms with Gasteiger partial charge in [0.1, 0.15) is 23.2 Å². The molecule has 21 heavy (non-hydrogen) atoms. The highest BCUT2D eigenvalue weighted by Crippen LogP contribution is 2.66. The van der Waals surface area contributed by atoms with Crippen LogP contribution >= 0.6 is 0 Å². The van der Waals surface area contributed by atoms with Crippen LogP contribution in [-0.4, -0.2) is 17.2 Å². The lowest BCUT2D eigenvalue weighted by molar-refractivity contribution is 0.0288. The number of carbonyl (C=O) groups is 1. The smallest absolute Gasteiger partial charge is 0.339 e. The van der Waals surface area contributed by atoms with Gasteiger partial charge in [-0.3, -0.25) is 0 Å². The van der Waals surface area contributed by atoms with Crippen LogP contribution in [0, 0.1) is 22.6 Å². The summed E-state index contributed by atoms with van der Waals surface area (Å²) in [5, 5.41) is 9.22. The number of carboxylic acid groups (broad SMARTS) is 1. The summed E-state index contributed by atoms with van der Waals surface area (Å²) >= 11 is 0. The molecule has 2 fully saturated rings. The monoisotopic (exact) mass is 292 g/mol. The summed E-state index contributed by atoms with van der Waals surface area (Å²) in [4.78, 5) is 11.3. The zero-order valence-corrected chi connectivity index (χ0v) is 12.6. The summed E-state index contributed by atoms with van der Waals surface area (Å²) in [5.74, 6) is -0.823. The van der Waals surface area contributed by atoms with Crippen LogP contribution in [0.3, 0.4) is 0 Å². The maximum absolute atomic E-state index is 13.3. The summed E-state index contributed by atoms with van der Waals surface area (Å²) in [6, 6.07) is 3.71. The lowest BCUT2D eigenvalue weighted by Crippen LogP contribution is -2.39. The number of ether oxygens (including phenoxy) is 1. The first-order valence-corrected chi connectivity index (χ1v) is 7.45. The zero-order chi connectivity index (χ0) is 15.4. The van der Waals surface area contributed by atoms with Gasteiger partial charge in [-0.1, -0.05) is 20.8 Å². The van der Waals surface area contributed by atoms with Crippen molar-refractivity contribution in [3.8, 4) is 5.75 Å². The van der Waals surface area contributed by atoms with Gasteiger partial charge in [-0.05, 0) is 48.8 Å². The Kier molecular flexibility index (Phi) is 3.05. The number of rotatable bonds is 3. The van der Waals surface area contributed by atoms with E-state index in [0.29, 0.717) is 5.92 Å². The Morgan fingerprint density at radius 1 is 1.38 bits per heavy atom. The summed E-state index contributed by atoms with van der Waals surface area (Å²) in [5.41, 5.74) is 0.141. The van der Waals surface area contributed by atoms with E-state index in [1.165, 1.54) is 18.6 Å². The highest BCUT2D eigenvalue weighted by molar-refractivity contribution is 5.90. The van der Waals surface area contributed by atoms with Gasteiger partial charge in [-0.25, -0.2) is 9.18 Å². The van der Waals surface area contributed by atoms with E-state index in [-0.39, 0.29) is 28.2 Å². The molecule has 2 saturated carbocycles. The third-order valence-electron chi connectivity index (χ3n) is 6.16. The van der Waals surface area contributed by atoms with E-state index in [0.717, 1.165) is 18.9 Å². The van der Waals surface area contributed by atoms with Gasteiger partial charge >= 0.3 is 5.97 Å². The SMILES string of the molecule is CC1(C)C2CCC1(C)C(Oc1ccc(F)cc1C(=O)O)C2. The van der Waals surface area contributed by atoms with Crippen LogP contribution in [0.2, 0.25) is 0 Å². The molecule has 2 bridgehead atoms. The number of fused-ring (bicyclic) bond motifs is 2. The number of carboxylic acids is 1. The molecule has 2 aliphatic rings. The average molecular weight is 292 g/mol. The molecule has 0 amide bonds. The molecule has 3 rings (SSSR count). The summed E-state index contributed by atoms with van der Waals surface area (Å²) in [6.07, 6.45) is 3.24. The second kappa shape index (κ2) is 4.46. The minimum atomic E-state index is -1.16. The van der Waals surface area contributed by atoms with Crippen molar-refractivity contribution in [2.75, 3.05) is 0 Å². The molecule has 0 spiro atoms. The first kappa shape index (κ1) is 14.4. The molecule has 4 heteroatoms. The Morgan fingerprint density at radius 2 is 2.10 bits per heavy atom. The quantitative estimate of drug-likeness (QED) is 0.911. The second-order valence-corrected chi connectivity index (χ2v) is 7.16. The maximum atomic E-state index is 13.3. The van der Waals surface area contributed by atoms with Crippen LogP contribution in [0.25, 0.3) is 0 Å². The number of hydrogen-bond donors (Lipinski definition) is 1. The molecule has 1 N–H and O–H groups in total. The van der Waals surface area contributed by atoms with Gasteiger partial charge in [-0.15, -0.1) is 0 Å². The molecule has 3 unspecified atom stereocenters. The fraction of sp³-hybridized carbons (Fsp3) is 0.588. The molecule has 3 nitrogen and oxygen atoms in total.